The molecule has 46 heavy (non-hydrogen) atoms. The van der Waals surface area contributed by atoms with Gasteiger partial charge in [-0.25, -0.2) is 19.2 Å². The van der Waals surface area contributed by atoms with Crippen LogP contribution in [0.5, 0.6) is 0 Å². The van der Waals surface area contributed by atoms with Crippen LogP contribution in [0.1, 0.15) is 62.1 Å². The molecule has 233 valence electrons. The first-order chi connectivity index (χ1) is 21.9. The van der Waals surface area contributed by atoms with Crippen LogP contribution in [0.2, 0.25) is 0 Å². The largest absolute Gasteiger partial charge is 0.458 e. The van der Waals surface area contributed by atoms with Crippen LogP contribution in [0, 0.1) is 0 Å². The van der Waals surface area contributed by atoms with E-state index in [9.17, 15) is 28.8 Å². The molecule has 10 nitrogen and oxygen atoms in total. The molecule has 0 aromatic heterocycles. The fourth-order valence-corrected chi connectivity index (χ4v) is 6.29. The summed E-state index contributed by atoms with van der Waals surface area (Å²) in [6.45, 7) is 0.860. The van der Waals surface area contributed by atoms with Crippen molar-refractivity contribution in [3.05, 3.63) is 106 Å². The minimum absolute atomic E-state index is 0.0436. The Kier molecular flexibility index (Phi) is 15.0. The van der Waals surface area contributed by atoms with Crippen LogP contribution in [0.15, 0.2) is 72.8 Å². The van der Waals surface area contributed by atoms with Crippen LogP contribution < -0.4 is 0 Å². The predicted molar refractivity (Wildman–Crippen MR) is 187 cm³/mol. The van der Waals surface area contributed by atoms with E-state index in [4.69, 9.17) is 50.1 Å². The van der Waals surface area contributed by atoms with Crippen molar-refractivity contribution in [1.82, 2.24) is 0 Å². The Morgan fingerprint density at radius 2 is 0.913 bits per heavy atom. The molecule has 0 N–H and O–H groups in total. The normalized spacial score (nSPS) is 12.1. The number of carbonyl (C=O) groups excluding carboxylic acids is 6. The van der Waals surface area contributed by atoms with E-state index in [0.29, 0.717) is 18.4 Å². The van der Waals surface area contributed by atoms with Gasteiger partial charge in [-0.2, -0.15) is 0 Å². The van der Waals surface area contributed by atoms with Crippen LogP contribution in [0.4, 0.5) is 0 Å². The number of ether oxygens (including phenoxy) is 4. The second-order valence-electron chi connectivity index (χ2n) is 9.00. The van der Waals surface area contributed by atoms with Crippen LogP contribution in [-0.2, 0) is 42.6 Å². The lowest BCUT2D eigenvalue weighted by molar-refractivity contribution is 0.0263. The molecule has 0 fully saturated rings. The molecule has 0 saturated heterocycles. The maximum atomic E-state index is 12.3. The summed E-state index contributed by atoms with van der Waals surface area (Å²) in [4.78, 5) is 73.2. The van der Waals surface area contributed by atoms with Crippen LogP contribution in [0.3, 0.4) is 0 Å². The molecule has 3 rings (SSSR count). The summed E-state index contributed by atoms with van der Waals surface area (Å²) < 4.78 is 20.4. The lowest BCUT2D eigenvalue weighted by atomic mass is 10.1. The molecule has 0 heterocycles. The number of carbonyl (C=O) groups is 6. The highest BCUT2D eigenvalue weighted by Crippen LogP contribution is 2.52. The molecule has 0 saturated carbocycles. The van der Waals surface area contributed by atoms with E-state index in [-0.39, 0.29) is 68.2 Å². The van der Waals surface area contributed by atoms with Gasteiger partial charge in [-0.1, -0.05) is 63.6 Å². The second kappa shape index (κ2) is 18.4. The van der Waals surface area contributed by atoms with E-state index < -0.39 is 29.5 Å². The highest BCUT2D eigenvalue weighted by atomic mass is 32.6. The third-order valence-electron chi connectivity index (χ3n) is 5.77. The summed E-state index contributed by atoms with van der Waals surface area (Å²) in [7, 11) is 8.45. The van der Waals surface area contributed by atoms with Gasteiger partial charge in [-0.05, 0) is 54.1 Å². The fraction of sp³-hybridized carbons (Fsp3) is 0.143. The van der Waals surface area contributed by atoms with Gasteiger partial charge in [0.25, 0.3) is 0 Å². The van der Waals surface area contributed by atoms with Crippen molar-refractivity contribution in [2.24, 2.45) is 0 Å². The van der Waals surface area contributed by atoms with Crippen LogP contribution >= 0.6 is 30.2 Å². The predicted octanol–water partition coefficient (Wildman–Crippen LogP) is 4.97. The molecule has 0 aliphatic rings. The zero-order valence-electron chi connectivity index (χ0n) is 23.8. The van der Waals surface area contributed by atoms with E-state index in [2.05, 4.69) is 8.93 Å². The van der Waals surface area contributed by atoms with Crippen LogP contribution in [-0.4, -0.2) is 75.6 Å². The number of rotatable bonds is 16. The van der Waals surface area contributed by atoms with Gasteiger partial charge in [0.05, 0.1) is 22.3 Å². The average Bonchev–Trinajstić information content (AvgIpc) is 3.06. The molecule has 0 aliphatic heterocycles. The Morgan fingerprint density at radius 3 is 1.20 bits per heavy atom. The molecule has 3 unspecified atom stereocenters. The number of hydrogen-bond donors (Lipinski definition) is 0. The summed E-state index contributed by atoms with van der Waals surface area (Å²) in [6.07, 6.45) is 0. The van der Waals surface area contributed by atoms with E-state index >= 15 is 0 Å². The van der Waals surface area contributed by atoms with Gasteiger partial charge in [0.15, 0.2) is 11.0 Å². The van der Waals surface area contributed by atoms with Crippen molar-refractivity contribution in [1.29, 1.82) is 0 Å². The quantitative estimate of drug-likeness (QED) is 0.0647. The summed E-state index contributed by atoms with van der Waals surface area (Å²) in [5.74, 6) is -2.71. The third-order valence-corrected chi connectivity index (χ3v) is 10.3. The van der Waals surface area contributed by atoms with Crippen molar-refractivity contribution >= 4 is 103 Å². The Hall–Kier alpha value is -2.96. The van der Waals surface area contributed by atoms with Gasteiger partial charge in [-0.3, -0.25) is 9.59 Å². The van der Waals surface area contributed by atoms with Crippen molar-refractivity contribution in [2.45, 2.75) is 0 Å². The first kappa shape index (κ1) is 37.5. The minimum atomic E-state index is -2.71. The van der Waals surface area contributed by atoms with Crippen LogP contribution in [0.25, 0.3) is 0 Å². The van der Waals surface area contributed by atoms with Gasteiger partial charge in [0.1, 0.15) is 34.0 Å². The van der Waals surface area contributed by atoms with E-state index in [1.807, 2.05) is 0 Å². The molecule has 0 bridgehead atoms. The maximum Gasteiger partial charge on any atom is 0.338 e. The molecule has 3 aromatic carbocycles. The molecule has 3 aromatic rings. The van der Waals surface area contributed by atoms with Crippen molar-refractivity contribution in [2.75, 3.05) is 26.4 Å². The molecular weight excluding hydrogens is 706 g/mol. The van der Waals surface area contributed by atoms with Gasteiger partial charge < -0.3 is 18.9 Å². The van der Waals surface area contributed by atoms with E-state index in [1.165, 1.54) is 72.8 Å². The zero-order valence-corrected chi connectivity index (χ0v) is 29.4. The van der Waals surface area contributed by atoms with Crippen molar-refractivity contribution in [3.8, 4) is 0 Å². The van der Waals surface area contributed by atoms with Gasteiger partial charge in [0, 0.05) is 11.1 Å². The summed E-state index contributed by atoms with van der Waals surface area (Å²) >= 11 is 9.77. The molecule has 0 aliphatic carbocycles. The first-order valence-corrected chi connectivity index (χ1v) is 20.6. The second-order valence-corrected chi connectivity index (χ2v) is 18.8. The SMILES string of the molecule is [B]P(P)(=S)C(=O)c1ccc(C(=O)OCCOC(=O)c2ccc(C(=O)OCCOC(=O)c3ccc(C(=O)P[B]P=S)cc3)cc2)cc1. The highest BCUT2D eigenvalue weighted by molar-refractivity contribution is 8.59. The monoisotopic (exact) mass is 729 g/mol. The van der Waals surface area contributed by atoms with Gasteiger partial charge in [-0.15, -0.1) is 8.93 Å². The Morgan fingerprint density at radius 1 is 0.630 bits per heavy atom. The smallest absolute Gasteiger partial charge is 0.338 e. The van der Waals surface area contributed by atoms with E-state index in [1.54, 1.807) is 6.72 Å². The van der Waals surface area contributed by atoms with Gasteiger partial charge in [0.2, 0.25) is 6.72 Å². The molecule has 0 amide bonds. The third kappa shape index (κ3) is 11.7. The van der Waals surface area contributed by atoms with Crippen molar-refractivity contribution in [3.63, 3.8) is 0 Å². The lowest BCUT2D eigenvalue weighted by Crippen LogP contribution is -2.15. The standard InChI is InChI=1S/C28H23B2O10P4S2/c29-44(41,46)28(36)22-11-7-20(8-12-22)26(34)40-16-14-38-24(32)18-3-1-17(2-4-18)23(31)37-13-15-39-25(33)19-5-9-21(10-6-19)27(35)42-30-43-45/h1-12,42H,13-16,41H2. The number of hydrogen-bond acceptors (Lipinski definition) is 12. The zero-order chi connectivity index (χ0) is 33.7. The first-order valence-electron chi connectivity index (χ1n) is 13.1. The maximum absolute atomic E-state index is 12.3. The minimum Gasteiger partial charge on any atom is -0.458 e. The summed E-state index contributed by atoms with van der Waals surface area (Å²) in [5.41, 5.74) is -1.68. The molecule has 3 atom stereocenters. The highest BCUT2D eigenvalue weighted by Gasteiger charge is 2.18. The van der Waals surface area contributed by atoms with Crippen molar-refractivity contribution < 1.29 is 47.7 Å². The molecular formula is C28H23B2O10P4S2. The van der Waals surface area contributed by atoms with E-state index in [0.717, 1.165) is 0 Å². The van der Waals surface area contributed by atoms with Gasteiger partial charge >= 0.3 is 23.9 Å². The molecule has 3 radical (unpaired) electrons. The average molecular weight is 729 g/mol. The Labute approximate surface area is 282 Å². The Bertz CT molecular complexity index is 1660. The summed E-state index contributed by atoms with van der Waals surface area (Å²) in [6, 6.07) is 17.2. The number of benzene rings is 3. The number of esters is 4. The molecule has 18 heteroatoms. The Balaban J connectivity index is 1.35. The molecule has 0 spiro atoms. The lowest BCUT2D eigenvalue weighted by Gasteiger charge is -2.10. The topological polar surface area (TPSA) is 139 Å². The fourth-order valence-electron chi connectivity index (χ4n) is 3.49. The summed E-state index contributed by atoms with van der Waals surface area (Å²) in [5, 5.41) is 0.